The van der Waals surface area contributed by atoms with Gasteiger partial charge in [0, 0.05) is 57.7 Å². The van der Waals surface area contributed by atoms with Crippen LogP contribution < -0.4 is 5.32 Å². The van der Waals surface area contributed by atoms with Crippen LogP contribution in [0.2, 0.25) is 0 Å². The maximum absolute atomic E-state index is 12.6. The van der Waals surface area contributed by atoms with Gasteiger partial charge in [0.2, 0.25) is 0 Å². The molecule has 0 saturated carbocycles. The van der Waals surface area contributed by atoms with E-state index in [1.54, 1.807) is 10.9 Å². The van der Waals surface area contributed by atoms with Gasteiger partial charge in [-0.3, -0.25) is 14.9 Å². The number of nitrogens with one attached hydrogen (secondary N) is 1. The highest BCUT2D eigenvalue weighted by atomic mass is 16.2. The molecule has 0 atom stereocenters. The van der Waals surface area contributed by atoms with Gasteiger partial charge < -0.3 is 9.47 Å². The van der Waals surface area contributed by atoms with E-state index in [4.69, 9.17) is 0 Å². The zero-order valence-corrected chi connectivity index (χ0v) is 15.3. The second-order valence-electron chi connectivity index (χ2n) is 6.48. The summed E-state index contributed by atoms with van der Waals surface area (Å²) in [6, 6.07) is -0.0522. The van der Waals surface area contributed by atoms with Crippen LogP contribution in [0.25, 0.3) is 0 Å². The Morgan fingerprint density at radius 2 is 2.12 bits per heavy atom. The van der Waals surface area contributed by atoms with Gasteiger partial charge in [-0.2, -0.15) is 5.10 Å². The molecule has 8 nitrogen and oxygen atoms in total. The molecular formula is C17H27N7O. The lowest BCUT2D eigenvalue weighted by Gasteiger charge is -2.22. The lowest BCUT2D eigenvalue weighted by Crippen LogP contribution is -2.38. The number of hydrogen-bond acceptors (Lipinski definition) is 4. The number of amides is 2. The van der Waals surface area contributed by atoms with Crippen molar-refractivity contribution in [2.75, 3.05) is 31.5 Å². The third kappa shape index (κ3) is 4.01. The molecule has 1 fully saturated rings. The van der Waals surface area contributed by atoms with Crippen LogP contribution in [0, 0.1) is 6.92 Å². The lowest BCUT2D eigenvalue weighted by molar-refractivity contribution is 0.210. The van der Waals surface area contributed by atoms with Crippen molar-refractivity contribution < 1.29 is 4.79 Å². The first kappa shape index (κ1) is 17.5. The van der Waals surface area contributed by atoms with E-state index in [9.17, 15) is 4.79 Å². The summed E-state index contributed by atoms with van der Waals surface area (Å²) in [7, 11) is 1.84. The Labute approximate surface area is 148 Å². The Kier molecular flexibility index (Phi) is 5.37. The maximum Gasteiger partial charge on any atom is 0.323 e. The molecule has 0 radical (unpaired) electrons. The second-order valence-corrected chi connectivity index (χ2v) is 6.48. The largest absolute Gasteiger partial charge is 0.334 e. The summed E-state index contributed by atoms with van der Waals surface area (Å²) in [5.74, 6) is 1.85. The maximum atomic E-state index is 12.6. The molecule has 3 rings (SSSR count). The van der Waals surface area contributed by atoms with Crippen LogP contribution in [0.1, 0.15) is 24.7 Å². The van der Waals surface area contributed by atoms with Gasteiger partial charge in [-0.1, -0.05) is 0 Å². The fourth-order valence-electron chi connectivity index (χ4n) is 3.22. The van der Waals surface area contributed by atoms with Crippen LogP contribution >= 0.6 is 0 Å². The third-order valence-corrected chi connectivity index (χ3v) is 4.73. The fourth-order valence-corrected chi connectivity index (χ4v) is 3.22. The van der Waals surface area contributed by atoms with E-state index < -0.39 is 0 Å². The van der Waals surface area contributed by atoms with Gasteiger partial charge in [0.15, 0.2) is 0 Å². The molecule has 0 aliphatic carbocycles. The van der Waals surface area contributed by atoms with E-state index in [2.05, 4.69) is 31.8 Å². The van der Waals surface area contributed by atoms with Crippen LogP contribution in [-0.2, 0) is 20.1 Å². The highest BCUT2D eigenvalue weighted by Gasteiger charge is 2.21. The van der Waals surface area contributed by atoms with Gasteiger partial charge in [0.25, 0.3) is 0 Å². The van der Waals surface area contributed by atoms with Crippen molar-refractivity contribution >= 4 is 11.8 Å². The Hall–Kier alpha value is -2.35. The highest BCUT2D eigenvalue weighted by Crippen LogP contribution is 2.14. The van der Waals surface area contributed by atoms with Crippen molar-refractivity contribution in [3.63, 3.8) is 0 Å². The molecule has 0 unspecified atom stereocenters. The Balaban J connectivity index is 1.57. The number of anilines is 1. The predicted molar refractivity (Wildman–Crippen MR) is 96.3 cm³/mol. The molecule has 1 aliphatic rings. The molecule has 2 amide bonds. The standard InChI is InChI=1S/C17H27N7O/c1-4-23-9-6-18-15(23)13-22-7-5-8-24(11-10-22)17(25)20-16-14(2)12-19-21(16)3/h6,9,12H,4-5,7-8,10-11,13H2,1-3H3,(H,20,25). The summed E-state index contributed by atoms with van der Waals surface area (Å²) < 4.78 is 3.86. The second kappa shape index (κ2) is 7.69. The van der Waals surface area contributed by atoms with Crippen molar-refractivity contribution in [2.45, 2.75) is 33.4 Å². The smallest absolute Gasteiger partial charge is 0.323 e. The van der Waals surface area contributed by atoms with Gasteiger partial charge in [0.05, 0.1) is 12.7 Å². The summed E-state index contributed by atoms with van der Waals surface area (Å²) in [6.07, 6.45) is 6.59. The number of aromatic nitrogens is 4. The number of rotatable bonds is 4. The number of aryl methyl sites for hydroxylation is 3. The quantitative estimate of drug-likeness (QED) is 0.915. The number of imidazole rings is 1. The normalized spacial score (nSPS) is 16.0. The minimum atomic E-state index is -0.0522. The van der Waals surface area contributed by atoms with E-state index in [0.717, 1.165) is 62.9 Å². The first-order valence-electron chi connectivity index (χ1n) is 8.85. The number of carbonyl (C=O) groups excluding carboxylic acids is 1. The van der Waals surface area contributed by atoms with E-state index in [0.29, 0.717) is 0 Å². The topological polar surface area (TPSA) is 71.2 Å². The Morgan fingerprint density at radius 3 is 2.84 bits per heavy atom. The molecule has 25 heavy (non-hydrogen) atoms. The van der Waals surface area contributed by atoms with Crippen molar-refractivity contribution in [3.8, 4) is 0 Å². The predicted octanol–water partition coefficient (Wildman–Crippen LogP) is 1.68. The van der Waals surface area contributed by atoms with E-state index >= 15 is 0 Å². The van der Waals surface area contributed by atoms with Crippen LogP contribution in [-0.4, -0.2) is 61.3 Å². The minimum Gasteiger partial charge on any atom is -0.334 e. The molecule has 2 aromatic heterocycles. The molecular weight excluding hydrogens is 318 g/mol. The summed E-state index contributed by atoms with van der Waals surface area (Å²) in [4.78, 5) is 21.3. The Morgan fingerprint density at radius 1 is 1.28 bits per heavy atom. The number of hydrogen-bond donors (Lipinski definition) is 1. The molecule has 0 spiro atoms. The number of urea groups is 1. The summed E-state index contributed by atoms with van der Waals surface area (Å²) in [5.41, 5.74) is 0.971. The average Bonchev–Trinajstić information content (AvgIpc) is 3.08. The van der Waals surface area contributed by atoms with Crippen LogP contribution in [0.5, 0.6) is 0 Å². The van der Waals surface area contributed by atoms with Crippen LogP contribution in [0.4, 0.5) is 10.6 Å². The van der Waals surface area contributed by atoms with E-state index in [-0.39, 0.29) is 6.03 Å². The van der Waals surface area contributed by atoms with Crippen molar-refractivity contribution in [3.05, 3.63) is 30.0 Å². The van der Waals surface area contributed by atoms with Gasteiger partial charge in [-0.15, -0.1) is 0 Å². The molecule has 0 aromatic carbocycles. The van der Waals surface area contributed by atoms with E-state index in [1.165, 1.54) is 0 Å². The minimum absolute atomic E-state index is 0.0522. The molecule has 0 bridgehead atoms. The van der Waals surface area contributed by atoms with Crippen molar-refractivity contribution in [1.82, 2.24) is 29.1 Å². The van der Waals surface area contributed by atoms with Gasteiger partial charge in [-0.05, 0) is 20.3 Å². The molecule has 1 aliphatic heterocycles. The van der Waals surface area contributed by atoms with Crippen LogP contribution in [0.3, 0.4) is 0 Å². The molecule has 1 N–H and O–H groups in total. The third-order valence-electron chi connectivity index (χ3n) is 4.73. The highest BCUT2D eigenvalue weighted by molar-refractivity contribution is 5.89. The average molecular weight is 345 g/mol. The lowest BCUT2D eigenvalue weighted by atomic mass is 10.3. The van der Waals surface area contributed by atoms with Gasteiger partial charge in [0.1, 0.15) is 11.6 Å². The summed E-state index contributed by atoms with van der Waals surface area (Å²) >= 11 is 0. The molecule has 2 aromatic rings. The fraction of sp³-hybridized carbons (Fsp3) is 0.588. The van der Waals surface area contributed by atoms with E-state index in [1.807, 2.05) is 31.3 Å². The van der Waals surface area contributed by atoms with Crippen LogP contribution in [0.15, 0.2) is 18.6 Å². The number of carbonyl (C=O) groups is 1. The summed E-state index contributed by atoms with van der Waals surface area (Å²) in [6.45, 7) is 9.15. The van der Waals surface area contributed by atoms with Gasteiger partial charge in [-0.25, -0.2) is 9.78 Å². The van der Waals surface area contributed by atoms with Gasteiger partial charge >= 0.3 is 6.03 Å². The molecule has 3 heterocycles. The monoisotopic (exact) mass is 345 g/mol. The SMILES string of the molecule is CCn1ccnc1CN1CCCN(C(=O)Nc2c(C)cnn2C)CC1. The molecule has 136 valence electrons. The first-order valence-corrected chi connectivity index (χ1v) is 8.85. The first-order chi connectivity index (χ1) is 12.1. The van der Waals surface area contributed by atoms with Crippen molar-refractivity contribution in [1.29, 1.82) is 0 Å². The molecule has 8 heteroatoms. The zero-order valence-electron chi connectivity index (χ0n) is 15.3. The number of nitrogens with zero attached hydrogens (tertiary/aromatic N) is 6. The Bertz CT molecular complexity index is 701. The zero-order chi connectivity index (χ0) is 17.8. The molecule has 1 saturated heterocycles. The summed E-state index contributed by atoms with van der Waals surface area (Å²) in [5, 5.41) is 7.16. The van der Waals surface area contributed by atoms with Crippen molar-refractivity contribution in [2.24, 2.45) is 7.05 Å².